The monoisotopic (exact) mass is 382 g/mol. The van der Waals surface area contributed by atoms with E-state index in [9.17, 15) is 9.18 Å². The molecule has 0 saturated carbocycles. The Morgan fingerprint density at radius 1 is 1.30 bits per heavy atom. The number of halogens is 1. The fraction of sp³-hybridized carbons (Fsp3) is 0.250. The number of hydrogen-bond donors (Lipinski definition) is 1. The van der Waals surface area contributed by atoms with E-state index >= 15 is 0 Å². The standard InChI is InChI=1S/C20H19FN4OS/c21-15-5-3-4-14(10-15)18-12-22-8-9-25(18)19(26)11-16-13-27-20(24-16)17-6-1-2-7-23-17/h1-7,10,13,18,22H,8-9,11-12H2. The minimum atomic E-state index is -0.287. The summed E-state index contributed by atoms with van der Waals surface area (Å²) < 4.78 is 13.6. The first-order valence-corrected chi connectivity index (χ1v) is 9.70. The third-order valence-corrected chi connectivity index (χ3v) is 5.48. The molecule has 1 aliphatic rings. The molecule has 1 aromatic carbocycles. The lowest BCUT2D eigenvalue weighted by atomic mass is 10.0. The van der Waals surface area contributed by atoms with Crippen LogP contribution in [0.15, 0.2) is 54.0 Å². The van der Waals surface area contributed by atoms with E-state index in [-0.39, 0.29) is 24.2 Å². The van der Waals surface area contributed by atoms with Crippen molar-refractivity contribution in [3.8, 4) is 10.7 Å². The second kappa shape index (κ2) is 7.94. The quantitative estimate of drug-likeness (QED) is 0.754. The van der Waals surface area contributed by atoms with Crippen LogP contribution < -0.4 is 5.32 Å². The molecule has 0 radical (unpaired) electrons. The summed E-state index contributed by atoms with van der Waals surface area (Å²) in [5.74, 6) is -0.284. The summed E-state index contributed by atoms with van der Waals surface area (Å²) in [6, 6.07) is 12.0. The zero-order valence-corrected chi connectivity index (χ0v) is 15.5. The molecule has 1 amide bonds. The lowest BCUT2D eigenvalue weighted by Gasteiger charge is -2.36. The van der Waals surface area contributed by atoms with Gasteiger partial charge in [-0.05, 0) is 29.8 Å². The Balaban J connectivity index is 1.50. The van der Waals surface area contributed by atoms with Crippen molar-refractivity contribution in [2.24, 2.45) is 0 Å². The molecule has 0 aliphatic carbocycles. The van der Waals surface area contributed by atoms with Crippen molar-refractivity contribution in [1.29, 1.82) is 0 Å². The van der Waals surface area contributed by atoms with Gasteiger partial charge in [0.2, 0.25) is 5.91 Å². The molecular weight excluding hydrogens is 363 g/mol. The molecule has 0 spiro atoms. The number of nitrogens with one attached hydrogen (secondary N) is 1. The molecule has 0 bridgehead atoms. The number of carbonyl (C=O) groups excluding carboxylic acids is 1. The summed E-state index contributed by atoms with van der Waals surface area (Å²) in [6.07, 6.45) is 1.96. The predicted molar refractivity (Wildman–Crippen MR) is 103 cm³/mol. The van der Waals surface area contributed by atoms with Gasteiger partial charge in [0, 0.05) is 31.2 Å². The fourth-order valence-electron chi connectivity index (χ4n) is 3.27. The summed E-state index contributed by atoms with van der Waals surface area (Å²) >= 11 is 1.48. The van der Waals surface area contributed by atoms with E-state index in [4.69, 9.17) is 0 Å². The second-order valence-corrected chi connectivity index (χ2v) is 7.26. The van der Waals surface area contributed by atoms with Crippen LogP contribution in [0, 0.1) is 5.82 Å². The Hall–Kier alpha value is -2.64. The molecule has 5 nitrogen and oxygen atoms in total. The smallest absolute Gasteiger partial charge is 0.229 e. The SMILES string of the molecule is O=C(Cc1csc(-c2ccccn2)n1)N1CCNCC1c1cccc(F)c1. The number of benzene rings is 1. The molecule has 1 atom stereocenters. The molecule has 1 aliphatic heterocycles. The molecular formula is C20H19FN4OS. The molecule has 4 rings (SSSR count). The van der Waals surface area contributed by atoms with Gasteiger partial charge in [-0.2, -0.15) is 0 Å². The van der Waals surface area contributed by atoms with E-state index in [1.54, 1.807) is 12.3 Å². The van der Waals surface area contributed by atoms with Crippen molar-refractivity contribution in [2.45, 2.75) is 12.5 Å². The average molecular weight is 382 g/mol. The van der Waals surface area contributed by atoms with Crippen LogP contribution in [0.2, 0.25) is 0 Å². The molecule has 1 fully saturated rings. The van der Waals surface area contributed by atoms with Gasteiger partial charge in [0.1, 0.15) is 10.8 Å². The number of thiazole rings is 1. The normalized spacial score (nSPS) is 17.1. The molecule has 1 N–H and O–H groups in total. The van der Waals surface area contributed by atoms with Crippen LogP contribution in [0.5, 0.6) is 0 Å². The number of rotatable bonds is 4. The van der Waals surface area contributed by atoms with Crippen LogP contribution in [0.3, 0.4) is 0 Å². The van der Waals surface area contributed by atoms with Gasteiger partial charge in [-0.1, -0.05) is 18.2 Å². The Labute approximate surface area is 160 Å². The van der Waals surface area contributed by atoms with E-state index in [2.05, 4.69) is 15.3 Å². The lowest BCUT2D eigenvalue weighted by molar-refractivity contribution is -0.133. The number of carbonyl (C=O) groups is 1. The number of amides is 1. The third-order valence-electron chi connectivity index (χ3n) is 4.57. The molecule has 2 aromatic heterocycles. The molecule has 138 valence electrons. The maximum Gasteiger partial charge on any atom is 0.229 e. The van der Waals surface area contributed by atoms with Crippen molar-refractivity contribution in [3.63, 3.8) is 0 Å². The summed E-state index contributed by atoms with van der Waals surface area (Å²) in [5, 5.41) is 6.00. The molecule has 3 heterocycles. The topological polar surface area (TPSA) is 58.1 Å². The van der Waals surface area contributed by atoms with Crippen LogP contribution in [-0.4, -0.2) is 40.4 Å². The number of piperazine rings is 1. The van der Waals surface area contributed by atoms with Gasteiger partial charge in [-0.3, -0.25) is 9.78 Å². The zero-order chi connectivity index (χ0) is 18.6. The van der Waals surface area contributed by atoms with E-state index in [1.807, 2.05) is 34.5 Å². The van der Waals surface area contributed by atoms with Crippen molar-refractivity contribution < 1.29 is 9.18 Å². The minimum absolute atomic E-state index is 0.00336. The first-order valence-electron chi connectivity index (χ1n) is 8.82. The average Bonchev–Trinajstić information content (AvgIpc) is 3.17. The van der Waals surface area contributed by atoms with E-state index < -0.39 is 0 Å². The highest BCUT2D eigenvalue weighted by molar-refractivity contribution is 7.13. The van der Waals surface area contributed by atoms with Crippen LogP contribution in [0.4, 0.5) is 4.39 Å². The van der Waals surface area contributed by atoms with Crippen LogP contribution in [0.1, 0.15) is 17.3 Å². The first kappa shape index (κ1) is 17.8. The van der Waals surface area contributed by atoms with Crippen molar-refractivity contribution in [3.05, 3.63) is 71.1 Å². The number of pyridine rings is 1. The van der Waals surface area contributed by atoms with Gasteiger partial charge < -0.3 is 10.2 Å². The Morgan fingerprint density at radius 2 is 2.22 bits per heavy atom. The van der Waals surface area contributed by atoms with E-state index in [0.717, 1.165) is 28.5 Å². The van der Waals surface area contributed by atoms with E-state index in [1.165, 1.54) is 23.5 Å². The Bertz CT molecular complexity index is 930. The van der Waals surface area contributed by atoms with Crippen LogP contribution in [0.25, 0.3) is 10.7 Å². The highest BCUT2D eigenvalue weighted by Crippen LogP contribution is 2.25. The lowest BCUT2D eigenvalue weighted by Crippen LogP contribution is -2.49. The maximum absolute atomic E-state index is 13.6. The molecule has 1 saturated heterocycles. The summed E-state index contributed by atoms with van der Waals surface area (Å²) in [6.45, 7) is 1.94. The second-order valence-electron chi connectivity index (χ2n) is 6.40. The number of hydrogen-bond acceptors (Lipinski definition) is 5. The fourth-order valence-corrected chi connectivity index (χ4v) is 4.06. The van der Waals surface area contributed by atoms with Gasteiger partial charge in [-0.25, -0.2) is 9.37 Å². The molecule has 3 aromatic rings. The largest absolute Gasteiger partial charge is 0.333 e. The van der Waals surface area contributed by atoms with Gasteiger partial charge >= 0.3 is 0 Å². The Kier molecular flexibility index (Phi) is 5.22. The van der Waals surface area contributed by atoms with Crippen molar-refractivity contribution in [2.75, 3.05) is 19.6 Å². The minimum Gasteiger partial charge on any atom is -0.333 e. The molecule has 27 heavy (non-hydrogen) atoms. The zero-order valence-electron chi connectivity index (χ0n) is 14.6. The Morgan fingerprint density at radius 3 is 3.04 bits per heavy atom. The number of aromatic nitrogens is 2. The van der Waals surface area contributed by atoms with Gasteiger partial charge in [0.15, 0.2) is 0 Å². The van der Waals surface area contributed by atoms with E-state index in [0.29, 0.717) is 13.1 Å². The van der Waals surface area contributed by atoms with Gasteiger partial charge in [-0.15, -0.1) is 11.3 Å². The van der Waals surface area contributed by atoms with Crippen LogP contribution >= 0.6 is 11.3 Å². The van der Waals surface area contributed by atoms with Crippen molar-refractivity contribution in [1.82, 2.24) is 20.2 Å². The number of nitrogens with zero attached hydrogens (tertiary/aromatic N) is 3. The molecule has 7 heteroatoms. The van der Waals surface area contributed by atoms with Gasteiger partial charge in [0.25, 0.3) is 0 Å². The highest BCUT2D eigenvalue weighted by atomic mass is 32.1. The summed E-state index contributed by atoms with van der Waals surface area (Å²) in [5.41, 5.74) is 2.35. The third kappa shape index (κ3) is 4.04. The van der Waals surface area contributed by atoms with Crippen LogP contribution in [-0.2, 0) is 11.2 Å². The first-order chi connectivity index (χ1) is 13.2. The maximum atomic E-state index is 13.6. The molecule has 1 unspecified atom stereocenters. The predicted octanol–water partition coefficient (Wildman–Crippen LogP) is 3.06. The summed E-state index contributed by atoms with van der Waals surface area (Å²) in [4.78, 5) is 23.6. The summed E-state index contributed by atoms with van der Waals surface area (Å²) in [7, 11) is 0. The highest BCUT2D eigenvalue weighted by Gasteiger charge is 2.28. The van der Waals surface area contributed by atoms with Crippen molar-refractivity contribution >= 4 is 17.2 Å². The van der Waals surface area contributed by atoms with Gasteiger partial charge in [0.05, 0.1) is 23.9 Å².